The van der Waals surface area contributed by atoms with Gasteiger partial charge in [-0.25, -0.2) is 0 Å². The molecule has 0 bridgehead atoms. The third kappa shape index (κ3) is 3.84. The average Bonchev–Trinajstić information content (AvgIpc) is 2.83. The average molecular weight is 288 g/mol. The van der Waals surface area contributed by atoms with Gasteiger partial charge in [0.1, 0.15) is 0 Å². The van der Waals surface area contributed by atoms with Crippen molar-refractivity contribution < 1.29 is 14.7 Å². The summed E-state index contributed by atoms with van der Waals surface area (Å²) in [6.07, 6.45) is 3.92. The van der Waals surface area contributed by atoms with Crippen molar-refractivity contribution >= 4 is 22.8 Å². The predicted molar refractivity (Wildman–Crippen MR) is 81.2 cm³/mol. The van der Waals surface area contributed by atoms with Crippen LogP contribution in [0.1, 0.15) is 24.8 Å². The Kier molecular flexibility index (Phi) is 4.98. The van der Waals surface area contributed by atoms with Crippen molar-refractivity contribution in [2.24, 2.45) is 0 Å². The highest BCUT2D eigenvalue weighted by atomic mass is 16.4. The van der Waals surface area contributed by atoms with Gasteiger partial charge in [0.2, 0.25) is 5.91 Å². The second kappa shape index (κ2) is 6.92. The number of hydrogen-bond donors (Lipinski definition) is 2. The summed E-state index contributed by atoms with van der Waals surface area (Å²) in [5.74, 6) is -0.746. The predicted octanol–water partition coefficient (Wildman–Crippen LogP) is 2.18. The Morgan fingerprint density at radius 2 is 2.00 bits per heavy atom. The van der Waals surface area contributed by atoms with Gasteiger partial charge in [0, 0.05) is 43.5 Å². The molecule has 0 saturated heterocycles. The molecule has 112 valence electrons. The van der Waals surface area contributed by atoms with Gasteiger partial charge in [-0.15, -0.1) is 0 Å². The molecule has 0 aliphatic rings. The van der Waals surface area contributed by atoms with E-state index < -0.39 is 5.97 Å². The lowest BCUT2D eigenvalue weighted by Crippen LogP contribution is -2.17. The van der Waals surface area contributed by atoms with Gasteiger partial charge in [0.05, 0.1) is 0 Å². The van der Waals surface area contributed by atoms with Crippen LogP contribution in [0.25, 0.3) is 10.9 Å². The van der Waals surface area contributed by atoms with Crippen LogP contribution in [-0.4, -0.2) is 28.6 Å². The number of aliphatic carboxylic acids is 1. The molecule has 0 aliphatic carbocycles. The SMILES string of the molecule is CNC(=O)CCCn1cc(CCC(=O)O)c2ccccc21. The van der Waals surface area contributed by atoms with E-state index in [0.717, 1.165) is 29.4 Å². The van der Waals surface area contributed by atoms with Crippen LogP contribution in [0.15, 0.2) is 30.5 Å². The van der Waals surface area contributed by atoms with E-state index in [1.807, 2.05) is 30.5 Å². The standard InChI is InChI=1S/C16H20N2O3/c1-17-15(19)7-4-10-18-11-12(8-9-16(20)21)13-5-2-3-6-14(13)18/h2-3,5-6,11H,4,7-10H2,1H3,(H,17,19)(H,20,21). The molecule has 0 unspecified atom stereocenters. The van der Waals surface area contributed by atoms with Crippen molar-refractivity contribution in [3.63, 3.8) is 0 Å². The maximum atomic E-state index is 11.3. The second-order valence-electron chi connectivity index (χ2n) is 5.04. The van der Waals surface area contributed by atoms with Crippen LogP contribution in [0.4, 0.5) is 0 Å². The van der Waals surface area contributed by atoms with Gasteiger partial charge >= 0.3 is 5.97 Å². The van der Waals surface area contributed by atoms with Gasteiger partial charge < -0.3 is 15.0 Å². The van der Waals surface area contributed by atoms with E-state index in [2.05, 4.69) is 9.88 Å². The quantitative estimate of drug-likeness (QED) is 0.820. The molecule has 5 nitrogen and oxygen atoms in total. The molecular weight excluding hydrogens is 268 g/mol. The van der Waals surface area contributed by atoms with Crippen molar-refractivity contribution in [2.75, 3.05) is 7.05 Å². The third-order valence-electron chi connectivity index (χ3n) is 3.56. The molecule has 1 aromatic carbocycles. The molecule has 1 aromatic heterocycles. The number of rotatable bonds is 7. The third-order valence-corrected chi connectivity index (χ3v) is 3.56. The maximum Gasteiger partial charge on any atom is 0.303 e. The molecule has 1 amide bonds. The number of amides is 1. The fourth-order valence-electron chi connectivity index (χ4n) is 2.48. The fraction of sp³-hybridized carbons (Fsp3) is 0.375. The largest absolute Gasteiger partial charge is 0.481 e. The topological polar surface area (TPSA) is 71.3 Å². The summed E-state index contributed by atoms with van der Waals surface area (Å²) in [6, 6.07) is 7.97. The van der Waals surface area contributed by atoms with Crippen molar-refractivity contribution in [1.29, 1.82) is 0 Å². The number of carbonyl (C=O) groups excluding carboxylic acids is 1. The fourth-order valence-corrected chi connectivity index (χ4v) is 2.48. The second-order valence-corrected chi connectivity index (χ2v) is 5.04. The molecule has 0 atom stereocenters. The van der Waals surface area contributed by atoms with E-state index in [1.165, 1.54) is 0 Å². The lowest BCUT2D eigenvalue weighted by Gasteiger charge is -2.04. The van der Waals surface area contributed by atoms with Crippen LogP contribution in [0.5, 0.6) is 0 Å². The van der Waals surface area contributed by atoms with Crippen LogP contribution in [0, 0.1) is 0 Å². The number of hydrogen-bond acceptors (Lipinski definition) is 2. The summed E-state index contributed by atoms with van der Waals surface area (Å²) in [6.45, 7) is 0.751. The van der Waals surface area contributed by atoms with Gasteiger partial charge in [-0.1, -0.05) is 18.2 Å². The molecule has 21 heavy (non-hydrogen) atoms. The van der Waals surface area contributed by atoms with Crippen LogP contribution in [0.2, 0.25) is 0 Å². The Hall–Kier alpha value is -2.30. The van der Waals surface area contributed by atoms with E-state index in [-0.39, 0.29) is 12.3 Å². The summed E-state index contributed by atoms with van der Waals surface area (Å²) in [5.41, 5.74) is 2.14. The van der Waals surface area contributed by atoms with E-state index >= 15 is 0 Å². The highest BCUT2D eigenvalue weighted by Crippen LogP contribution is 2.23. The number of carboxylic acids is 1. The zero-order chi connectivity index (χ0) is 15.2. The first-order chi connectivity index (χ1) is 10.1. The number of nitrogens with one attached hydrogen (secondary N) is 1. The number of nitrogens with zero attached hydrogens (tertiary/aromatic N) is 1. The Balaban J connectivity index is 2.15. The molecule has 1 heterocycles. The Morgan fingerprint density at radius 1 is 1.24 bits per heavy atom. The van der Waals surface area contributed by atoms with Gasteiger partial charge in [-0.2, -0.15) is 0 Å². The van der Waals surface area contributed by atoms with Crippen LogP contribution in [-0.2, 0) is 22.6 Å². The van der Waals surface area contributed by atoms with Crippen molar-refractivity contribution in [3.05, 3.63) is 36.0 Å². The number of aryl methyl sites for hydroxylation is 2. The summed E-state index contributed by atoms with van der Waals surface area (Å²) in [4.78, 5) is 22.0. The van der Waals surface area contributed by atoms with E-state index in [9.17, 15) is 9.59 Å². The summed E-state index contributed by atoms with van der Waals surface area (Å²) < 4.78 is 2.11. The zero-order valence-electron chi connectivity index (χ0n) is 12.1. The normalized spacial score (nSPS) is 10.7. The molecule has 0 fully saturated rings. The summed E-state index contributed by atoms with van der Waals surface area (Å²) in [7, 11) is 1.64. The number of carbonyl (C=O) groups is 2. The smallest absolute Gasteiger partial charge is 0.303 e. The molecule has 2 N–H and O–H groups in total. The molecule has 0 saturated carbocycles. The molecule has 2 aromatic rings. The number of fused-ring (bicyclic) bond motifs is 1. The molecule has 2 rings (SSSR count). The van der Waals surface area contributed by atoms with E-state index in [0.29, 0.717) is 12.8 Å². The minimum atomic E-state index is -0.786. The van der Waals surface area contributed by atoms with E-state index in [4.69, 9.17) is 5.11 Å². The first-order valence-electron chi connectivity index (χ1n) is 7.11. The molecule has 5 heteroatoms. The van der Waals surface area contributed by atoms with Crippen LogP contribution in [0.3, 0.4) is 0 Å². The van der Waals surface area contributed by atoms with Gasteiger partial charge in [-0.3, -0.25) is 9.59 Å². The van der Waals surface area contributed by atoms with Crippen molar-refractivity contribution in [3.8, 4) is 0 Å². The Morgan fingerprint density at radius 3 is 2.71 bits per heavy atom. The van der Waals surface area contributed by atoms with Gasteiger partial charge in [0.15, 0.2) is 0 Å². The summed E-state index contributed by atoms with van der Waals surface area (Å²) in [5, 5.41) is 12.5. The molecule has 0 radical (unpaired) electrons. The lowest BCUT2D eigenvalue weighted by atomic mass is 10.1. The van der Waals surface area contributed by atoms with Crippen molar-refractivity contribution in [2.45, 2.75) is 32.2 Å². The number of benzene rings is 1. The highest BCUT2D eigenvalue weighted by molar-refractivity contribution is 5.84. The Labute approximate surface area is 123 Å². The maximum absolute atomic E-state index is 11.3. The number of carboxylic acid groups (broad SMARTS) is 1. The Bertz CT molecular complexity index is 646. The summed E-state index contributed by atoms with van der Waals surface area (Å²) >= 11 is 0. The molecule has 0 aliphatic heterocycles. The number of aromatic nitrogens is 1. The monoisotopic (exact) mass is 288 g/mol. The molecule has 0 spiro atoms. The first kappa shape index (κ1) is 15.1. The first-order valence-corrected chi connectivity index (χ1v) is 7.11. The van der Waals surface area contributed by atoms with Crippen LogP contribution >= 0.6 is 0 Å². The van der Waals surface area contributed by atoms with E-state index in [1.54, 1.807) is 7.05 Å². The lowest BCUT2D eigenvalue weighted by molar-refractivity contribution is -0.137. The van der Waals surface area contributed by atoms with Gasteiger partial charge in [-0.05, 0) is 24.5 Å². The van der Waals surface area contributed by atoms with Gasteiger partial charge in [0.25, 0.3) is 0 Å². The zero-order valence-corrected chi connectivity index (χ0v) is 12.1. The highest BCUT2D eigenvalue weighted by Gasteiger charge is 2.09. The number of para-hydroxylation sites is 1. The molecular formula is C16H20N2O3. The van der Waals surface area contributed by atoms with Crippen LogP contribution < -0.4 is 5.32 Å². The minimum absolute atomic E-state index is 0.0394. The minimum Gasteiger partial charge on any atom is -0.481 e. The van der Waals surface area contributed by atoms with Crippen molar-refractivity contribution in [1.82, 2.24) is 9.88 Å².